The van der Waals surface area contributed by atoms with Gasteiger partial charge in [0, 0.05) is 16.4 Å². The van der Waals surface area contributed by atoms with Gasteiger partial charge in [0.05, 0.1) is 5.54 Å². The number of benzene rings is 1. The number of amides is 1. The number of hydrogen-bond donors (Lipinski definition) is 2. The van der Waals surface area contributed by atoms with Crippen LogP contribution in [-0.4, -0.2) is 18.0 Å². The predicted molar refractivity (Wildman–Crippen MR) is 78.4 cm³/mol. The molecule has 0 aromatic heterocycles. The van der Waals surface area contributed by atoms with Crippen molar-refractivity contribution in [2.24, 2.45) is 5.73 Å². The first-order valence-corrected chi connectivity index (χ1v) is 6.76. The Labute approximate surface area is 117 Å². The molecule has 1 rings (SSSR count). The Morgan fingerprint density at radius 3 is 2.33 bits per heavy atom. The number of carbonyl (C=O) groups excluding carboxylic acids is 1. The molecule has 4 heteroatoms. The summed E-state index contributed by atoms with van der Waals surface area (Å²) in [5.41, 5.74) is 5.93. The molecule has 0 saturated heterocycles. The summed E-state index contributed by atoms with van der Waals surface area (Å²) in [5.74, 6) is -0.136. The van der Waals surface area contributed by atoms with Crippen molar-refractivity contribution in [3.63, 3.8) is 0 Å². The minimum Gasteiger partial charge on any atom is -0.354 e. The first kappa shape index (κ1) is 15.2. The number of hydrogen-bond acceptors (Lipinski definition) is 2. The summed E-state index contributed by atoms with van der Waals surface area (Å²) in [4.78, 5) is 11.8. The maximum atomic E-state index is 11.8. The minimum absolute atomic E-state index is 0.136. The Kier molecular flexibility index (Phi) is 4.56. The van der Waals surface area contributed by atoms with E-state index in [1.807, 2.05) is 18.2 Å². The first-order chi connectivity index (χ1) is 8.14. The van der Waals surface area contributed by atoms with Crippen LogP contribution in [0.5, 0.6) is 0 Å². The number of rotatable bonds is 4. The molecule has 0 radical (unpaired) electrons. The van der Waals surface area contributed by atoms with E-state index in [4.69, 9.17) is 5.73 Å². The molecule has 0 saturated carbocycles. The van der Waals surface area contributed by atoms with Gasteiger partial charge in [-0.1, -0.05) is 48.0 Å². The van der Waals surface area contributed by atoms with Gasteiger partial charge < -0.3 is 11.1 Å². The summed E-state index contributed by atoms with van der Waals surface area (Å²) < 4.78 is 1.05. The van der Waals surface area contributed by atoms with Gasteiger partial charge in [0.25, 0.3) is 0 Å². The van der Waals surface area contributed by atoms with Crippen LogP contribution in [0.2, 0.25) is 0 Å². The van der Waals surface area contributed by atoms with Crippen molar-refractivity contribution in [1.82, 2.24) is 5.32 Å². The Morgan fingerprint density at radius 2 is 1.83 bits per heavy atom. The van der Waals surface area contributed by atoms with Crippen LogP contribution in [0.25, 0.3) is 0 Å². The van der Waals surface area contributed by atoms with Crippen molar-refractivity contribution in [3.8, 4) is 0 Å². The molecule has 1 aromatic rings. The van der Waals surface area contributed by atoms with Crippen molar-refractivity contribution >= 4 is 21.8 Å². The maximum Gasteiger partial charge on any atom is 0.239 e. The smallest absolute Gasteiger partial charge is 0.239 e. The molecule has 3 nitrogen and oxygen atoms in total. The Morgan fingerprint density at radius 1 is 1.28 bits per heavy atom. The van der Waals surface area contributed by atoms with E-state index >= 15 is 0 Å². The van der Waals surface area contributed by atoms with Gasteiger partial charge in [-0.15, -0.1) is 0 Å². The highest BCUT2D eigenvalue weighted by Gasteiger charge is 2.27. The molecule has 0 aliphatic carbocycles. The van der Waals surface area contributed by atoms with Crippen molar-refractivity contribution in [3.05, 3.63) is 34.3 Å². The van der Waals surface area contributed by atoms with E-state index in [1.54, 1.807) is 13.8 Å². The molecule has 0 aliphatic heterocycles. The Hall–Kier alpha value is -0.870. The van der Waals surface area contributed by atoms with E-state index in [2.05, 4.69) is 41.2 Å². The lowest BCUT2D eigenvalue weighted by molar-refractivity contribution is -0.125. The fraction of sp³-hybridized carbons (Fsp3) is 0.500. The van der Waals surface area contributed by atoms with Crippen LogP contribution in [0.1, 0.15) is 33.3 Å². The molecule has 18 heavy (non-hydrogen) atoms. The van der Waals surface area contributed by atoms with Crippen LogP contribution in [0.4, 0.5) is 0 Å². The second kappa shape index (κ2) is 5.41. The van der Waals surface area contributed by atoms with Gasteiger partial charge in [0.15, 0.2) is 0 Å². The van der Waals surface area contributed by atoms with E-state index in [0.29, 0.717) is 6.54 Å². The molecule has 0 fully saturated rings. The molecule has 0 unspecified atom stereocenters. The van der Waals surface area contributed by atoms with E-state index in [9.17, 15) is 4.79 Å². The molecular formula is C14H21BrN2O. The van der Waals surface area contributed by atoms with Gasteiger partial charge >= 0.3 is 0 Å². The third-order valence-corrected chi connectivity index (χ3v) is 3.57. The van der Waals surface area contributed by atoms with Gasteiger partial charge in [0.1, 0.15) is 0 Å². The second-order valence-electron chi connectivity index (χ2n) is 5.77. The summed E-state index contributed by atoms with van der Waals surface area (Å²) >= 11 is 3.54. The van der Waals surface area contributed by atoms with Crippen LogP contribution in [0.15, 0.2) is 28.7 Å². The molecule has 3 N–H and O–H groups in total. The quantitative estimate of drug-likeness (QED) is 0.898. The number of nitrogens with one attached hydrogen (secondary N) is 1. The summed E-state index contributed by atoms with van der Waals surface area (Å²) in [5, 5.41) is 2.90. The van der Waals surface area contributed by atoms with Crippen molar-refractivity contribution in [2.45, 2.75) is 38.6 Å². The van der Waals surface area contributed by atoms with Gasteiger partial charge in [0.2, 0.25) is 5.91 Å². The van der Waals surface area contributed by atoms with Crippen molar-refractivity contribution < 1.29 is 4.79 Å². The number of halogens is 1. The SMILES string of the molecule is CC(C)(N)C(=O)NCC(C)(C)c1ccccc1Br. The topological polar surface area (TPSA) is 55.1 Å². The standard InChI is InChI=1S/C14H21BrN2O/c1-13(2,9-17-12(18)14(3,4)16)10-7-5-6-8-11(10)15/h5-8H,9,16H2,1-4H3,(H,17,18). The Bertz CT molecular complexity index is 436. The van der Waals surface area contributed by atoms with E-state index < -0.39 is 5.54 Å². The zero-order chi connectivity index (χ0) is 14.0. The highest BCUT2D eigenvalue weighted by Crippen LogP contribution is 2.29. The molecule has 0 bridgehead atoms. The molecule has 1 aromatic carbocycles. The fourth-order valence-corrected chi connectivity index (χ4v) is 2.46. The highest BCUT2D eigenvalue weighted by molar-refractivity contribution is 9.10. The lowest BCUT2D eigenvalue weighted by Crippen LogP contribution is -2.51. The Balaban J connectivity index is 2.78. The fourth-order valence-electron chi connectivity index (χ4n) is 1.63. The lowest BCUT2D eigenvalue weighted by Gasteiger charge is -2.28. The van der Waals surface area contributed by atoms with Gasteiger partial charge in [-0.2, -0.15) is 0 Å². The largest absolute Gasteiger partial charge is 0.354 e. The van der Waals surface area contributed by atoms with Crippen molar-refractivity contribution in [1.29, 1.82) is 0 Å². The predicted octanol–water partition coefficient (Wildman–Crippen LogP) is 2.58. The molecule has 0 aliphatic rings. The van der Waals surface area contributed by atoms with Crippen LogP contribution in [-0.2, 0) is 10.2 Å². The first-order valence-electron chi connectivity index (χ1n) is 5.97. The average Bonchev–Trinajstić information content (AvgIpc) is 2.25. The monoisotopic (exact) mass is 312 g/mol. The van der Waals surface area contributed by atoms with Crippen LogP contribution in [0, 0.1) is 0 Å². The van der Waals surface area contributed by atoms with Crippen LogP contribution < -0.4 is 11.1 Å². The summed E-state index contributed by atoms with van der Waals surface area (Å²) in [7, 11) is 0. The third kappa shape index (κ3) is 3.82. The summed E-state index contributed by atoms with van der Waals surface area (Å²) in [6.45, 7) is 8.14. The zero-order valence-electron chi connectivity index (χ0n) is 11.4. The van der Waals surface area contributed by atoms with E-state index in [-0.39, 0.29) is 11.3 Å². The van der Waals surface area contributed by atoms with Crippen LogP contribution in [0.3, 0.4) is 0 Å². The maximum absolute atomic E-state index is 11.8. The third-order valence-electron chi connectivity index (χ3n) is 2.88. The summed E-state index contributed by atoms with van der Waals surface area (Å²) in [6.07, 6.45) is 0. The van der Waals surface area contributed by atoms with Crippen LogP contribution >= 0.6 is 15.9 Å². The molecule has 100 valence electrons. The normalized spacial score (nSPS) is 12.3. The molecule has 0 spiro atoms. The summed E-state index contributed by atoms with van der Waals surface area (Å²) in [6, 6.07) is 8.04. The van der Waals surface area contributed by atoms with Gasteiger partial charge in [-0.05, 0) is 25.5 Å². The average molecular weight is 313 g/mol. The zero-order valence-corrected chi connectivity index (χ0v) is 13.0. The van der Waals surface area contributed by atoms with Crippen molar-refractivity contribution in [2.75, 3.05) is 6.54 Å². The number of carbonyl (C=O) groups is 1. The lowest BCUT2D eigenvalue weighted by atomic mass is 9.84. The highest BCUT2D eigenvalue weighted by atomic mass is 79.9. The van der Waals surface area contributed by atoms with Gasteiger partial charge in [-0.25, -0.2) is 0 Å². The molecule has 1 amide bonds. The molecular weight excluding hydrogens is 292 g/mol. The molecule has 0 atom stereocenters. The second-order valence-corrected chi connectivity index (χ2v) is 6.62. The van der Waals surface area contributed by atoms with E-state index in [1.165, 1.54) is 5.56 Å². The molecule has 0 heterocycles. The minimum atomic E-state index is -0.843. The van der Waals surface area contributed by atoms with Gasteiger partial charge in [-0.3, -0.25) is 4.79 Å². The number of nitrogens with two attached hydrogens (primary N) is 1. The van der Waals surface area contributed by atoms with E-state index in [0.717, 1.165) is 4.47 Å².